The first-order valence-corrected chi connectivity index (χ1v) is 10.0. The fourth-order valence-corrected chi connectivity index (χ4v) is 4.06. The maximum absolute atomic E-state index is 13.2. The van der Waals surface area contributed by atoms with E-state index in [2.05, 4.69) is 20.7 Å². The molecule has 4 aromatic rings. The van der Waals surface area contributed by atoms with E-state index in [1.54, 1.807) is 12.1 Å². The maximum atomic E-state index is 13.2. The van der Waals surface area contributed by atoms with Crippen LogP contribution in [0.4, 0.5) is 9.52 Å². The molecular formula is C19H13FN4O2S2. The monoisotopic (exact) mass is 412 g/mol. The van der Waals surface area contributed by atoms with Gasteiger partial charge in [-0.15, -0.1) is 10.2 Å². The molecule has 0 radical (unpaired) electrons. The number of hydrogen-bond donors (Lipinski definition) is 1. The molecule has 1 amide bonds. The van der Waals surface area contributed by atoms with E-state index in [9.17, 15) is 9.18 Å². The third-order valence-corrected chi connectivity index (χ3v) is 5.72. The Balaban J connectivity index is 1.37. The third-order valence-electron chi connectivity index (χ3n) is 3.68. The van der Waals surface area contributed by atoms with Gasteiger partial charge in [0.15, 0.2) is 15.8 Å². The van der Waals surface area contributed by atoms with Gasteiger partial charge in [-0.1, -0.05) is 70.7 Å². The summed E-state index contributed by atoms with van der Waals surface area (Å²) < 4.78 is 19.1. The quantitative estimate of drug-likeness (QED) is 0.359. The highest BCUT2D eigenvalue weighted by molar-refractivity contribution is 8.00. The summed E-state index contributed by atoms with van der Waals surface area (Å²) in [5.41, 5.74) is 1.84. The van der Waals surface area contributed by atoms with Crippen LogP contribution >= 0.6 is 23.1 Å². The van der Waals surface area contributed by atoms with Gasteiger partial charge in [-0.3, -0.25) is 10.1 Å². The van der Waals surface area contributed by atoms with E-state index in [-0.39, 0.29) is 11.5 Å². The van der Waals surface area contributed by atoms with Gasteiger partial charge in [0.2, 0.25) is 5.13 Å². The number of rotatable bonds is 6. The predicted octanol–water partition coefficient (Wildman–Crippen LogP) is 4.88. The Kier molecular flexibility index (Phi) is 5.45. The third kappa shape index (κ3) is 4.44. The van der Waals surface area contributed by atoms with Gasteiger partial charge in [-0.25, -0.2) is 4.39 Å². The molecule has 0 atom stereocenters. The summed E-state index contributed by atoms with van der Waals surface area (Å²) in [6, 6.07) is 17.4. The number of aromatic nitrogens is 3. The Morgan fingerprint density at radius 3 is 2.79 bits per heavy atom. The van der Waals surface area contributed by atoms with Crippen LogP contribution in [0.2, 0.25) is 0 Å². The second-order valence-corrected chi connectivity index (χ2v) is 7.89. The molecule has 0 aliphatic heterocycles. The minimum Gasteiger partial charge on any atom is -0.355 e. The van der Waals surface area contributed by atoms with Crippen LogP contribution < -0.4 is 5.32 Å². The van der Waals surface area contributed by atoms with Crippen molar-refractivity contribution in [1.29, 1.82) is 0 Å². The van der Waals surface area contributed by atoms with Crippen molar-refractivity contribution in [2.75, 3.05) is 5.32 Å². The normalized spacial score (nSPS) is 10.8. The van der Waals surface area contributed by atoms with Crippen LogP contribution in [0.5, 0.6) is 0 Å². The molecule has 2 aromatic carbocycles. The molecule has 0 aliphatic carbocycles. The first-order valence-electron chi connectivity index (χ1n) is 8.21. The van der Waals surface area contributed by atoms with Gasteiger partial charge in [0.05, 0.1) is 0 Å². The lowest BCUT2D eigenvalue weighted by molar-refractivity contribution is 0.101. The van der Waals surface area contributed by atoms with Crippen molar-refractivity contribution in [2.45, 2.75) is 10.1 Å². The lowest BCUT2D eigenvalue weighted by Crippen LogP contribution is -2.11. The average Bonchev–Trinajstić information content (AvgIpc) is 3.37. The van der Waals surface area contributed by atoms with Crippen molar-refractivity contribution >= 4 is 34.1 Å². The molecule has 0 saturated carbocycles. The van der Waals surface area contributed by atoms with Crippen LogP contribution in [0.15, 0.2) is 69.5 Å². The van der Waals surface area contributed by atoms with Crippen LogP contribution in [-0.4, -0.2) is 21.3 Å². The summed E-state index contributed by atoms with van der Waals surface area (Å²) in [4.78, 5) is 12.3. The molecule has 28 heavy (non-hydrogen) atoms. The highest BCUT2D eigenvalue weighted by Gasteiger charge is 2.16. The van der Waals surface area contributed by atoms with E-state index in [0.717, 1.165) is 11.1 Å². The molecule has 0 spiro atoms. The highest BCUT2D eigenvalue weighted by Crippen LogP contribution is 2.29. The van der Waals surface area contributed by atoms with E-state index < -0.39 is 5.91 Å². The second kappa shape index (κ2) is 8.32. The van der Waals surface area contributed by atoms with Crippen molar-refractivity contribution in [1.82, 2.24) is 15.4 Å². The van der Waals surface area contributed by atoms with Gasteiger partial charge in [-0.05, 0) is 17.7 Å². The van der Waals surface area contributed by atoms with Crippen molar-refractivity contribution < 1.29 is 13.7 Å². The number of hydrogen-bond acceptors (Lipinski definition) is 7. The standard InChI is InChI=1S/C19H13FN4O2S2/c20-14-8-4-5-12(9-14)11-27-19-23-22-18(28-19)21-17(25)15-10-16(26-24-15)13-6-2-1-3-7-13/h1-10H,11H2,(H,21,22,25). The smallest absolute Gasteiger partial charge is 0.279 e. The number of carbonyl (C=O) groups is 1. The van der Waals surface area contributed by atoms with E-state index in [1.807, 2.05) is 36.4 Å². The van der Waals surface area contributed by atoms with Crippen molar-refractivity contribution in [3.8, 4) is 11.3 Å². The number of nitrogens with zero attached hydrogens (tertiary/aromatic N) is 3. The maximum Gasteiger partial charge on any atom is 0.279 e. The SMILES string of the molecule is O=C(Nc1nnc(SCc2cccc(F)c2)s1)c1cc(-c2ccccc2)on1. The minimum atomic E-state index is -0.427. The molecule has 4 rings (SSSR count). The number of thioether (sulfide) groups is 1. The molecular weight excluding hydrogens is 399 g/mol. The largest absolute Gasteiger partial charge is 0.355 e. The van der Waals surface area contributed by atoms with Crippen molar-refractivity contribution in [2.24, 2.45) is 0 Å². The number of nitrogens with one attached hydrogen (secondary N) is 1. The second-order valence-electron chi connectivity index (χ2n) is 5.69. The zero-order chi connectivity index (χ0) is 19.3. The van der Waals surface area contributed by atoms with E-state index in [1.165, 1.54) is 35.2 Å². The van der Waals surface area contributed by atoms with Gasteiger partial charge >= 0.3 is 0 Å². The zero-order valence-electron chi connectivity index (χ0n) is 14.3. The van der Waals surface area contributed by atoms with Crippen LogP contribution in [0.1, 0.15) is 16.1 Å². The van der Waals surface area contributed by atoms with Crippen molar-refractivity contribution in [3.05, 3.63) is 77.7 Å². The molecule has 1 N–H and O–H groups in total. The Hall–Kier alpha value is -3.04. The molecule has 0 bridgehead atoms. The predicted molar refractivity (Wildman–Crippen MR) is 106 cm³/mol. The molecule has 9 heteroatoms. The van der Waals surface area contributed by atoms with Crippen LogP contribution in [0.3, 0.4) is 0 Å². The number of halogens is 1. The summed E-state index contributed by atoms with van der Waals surface area (Å²) in [5, 5.41) is 14.8. The van der Waals surface area contributed by atoms with Crippen LogP contribution in [0, 0.1) is 5.82 Å². The summed E-state index contributed by atoms with van der Waals surface area (Å²) in [6.07, 6.45) is 0. The van der Waals surface area contributed by atoms with Crippen LogP contribution in [-0.2, 0) is 5.75 Å². The summed E-state index contributed by atoms with van der Waals surface area (Å²) >= 11 is 2.66. The molecule has 0 fully saturated rings. The Morgan fingerprint density at radius 1 is 1.11 bits per heavy atom. The van der Waals surface area contributed by atoms with Gasteiger partial charge in [-0.2, -0.15) is 0 Å². The Bertz CT molecular complexity index is 1100. The average molecular weight is 412 g/mol. The van der Waals surface area contributed by atoms with Crippen LogP contribution in [0.25, 0.3) is 11.3 Å². The van der Waals surface area contributed by atoms with Gasteiger partial charge in [0.1, 0.15) is 5.82 Å². The summed E-state index contributed by atoms with van der Waals surface area (Å²) in [7, 11) is 0. The van der Waals surface area contributed by atoms with Gasteiger partial charge in [0.25, 0.3) is 5.91 Å². The first kappa shape index (κ1) is 18.3. The Labute approximate surface area is 167 Å². The topological polar surface area (TPSA) is 80.9 Å². The molecule has 6 nitrogen and oxygen atoms in total. The fourth-order valence-electron chi connectivity index (χ4n) is 2.37. The number of amides is 1. The first-order chi connectivity index (χ1) is 13.7. The molecule has 0 unspecified atom stereocenters. The summed E-state index contributed by atoms with van der Waals surface area (Å²) in [6.45, 7) is 0. The lowest BCUT2D eigenvalue weighted by atomic mass is 10.1. The number of carbonyl (C=O) groups excluding carboxylic acids is 1. The summed E-state index contributed by atoms with van der Waals surface area (Å²) in [5.74, 6) is 0.369. The van der Waals surface area contributed by atoms with Gasteiger partial charge < -0.3 is 4.52 Å². The van der Waals surface area contributed by atoms with E-state index >= 15 is 0 Å². The van der Waals surface area contributed by atoms with Gasteiger partial charge in [0, 0.05) is 17.4 Å². The zero-order valence-corrected chi connectivity index (χ0v) is 16.0. The molecule has 2 aromatic heterocycles. The molecule has 140 valence electrons. The number of anilines is 1. The lowest BCUT2D eigenvalue weighted by Gasteiger charge is -1.98. The molecule has 2 heterocycles. The highest BCUT2D eigenvalue weighted by atomic mass is 32.2. The Morgan fingerprint density at radius 2 is 1.96 bits per heavy atom. The number of benzene rings is 2. The van der Waals surface area contributed by atoms with E-state index in [0.29, 0.717) is 21.0 Å². The van der Waals surface area contributed by atoms with E-state index in [4.69, 9.17) is 4.52 Å². The fraction of sp³-hybridized carbons (Fsp3) is 0.0526. The van der Waals surface area contributed by atoms with Crippen molar-refractivity contribution in [3.63, 3.8) is 0 Å². The molecule has 0 aliphatic rings. The minimum absolute atomic E-state index is 0.156. The molecule has 0 saturated heterocycles.